The van der Waals surface area contributed by atoms with Crippen LogP contribution in [0, 0.1) is 0 Å². The lowest BCUT2D eigenvalue weighted by Crippen LogP contribution is -2.33. The summed E-state index contributed by atoms with van der Waals surface area (Å²) in [6, 6.07) is 7.77. The highest BCUT2D eigenvalue weighted by atomic mass is 16.7. The molecule has 1 unspecified atom stereocenters. The van der Waals surface area contributed by atoms with Crippen LogP contribution in [-0.4, -0.2) is 12.9 Å². The first kappa shape index (κ1) is 11.8. The molecule has 0 saturated carbocycles. The first-order valence-electron chi connectivity index (χ1n) is 5.10. The molecule has 0 N–H and O–H groups in total. The molecule has 1 rings (SSSR count). The monoisotopic (exact) mass is 206 g/mol. The molecule has 0 aliphatic rings. The Morgan fingerprint density at radius 2 is 1.93 bits per heavy atom. The van der Waals surface area contributed by atoms with Crippen molar-refractivity contribution in [2.24, 2.45) is 0 Å². The molecule has 15 heavy (non-hydrogen) atoms. The van der Waals surface area contributed by atoms with E-state index < -0.39 is 5.79 Å². The molecule has 2 nitrogen and oxygen atoms in total. The fourth-order valence-electron chi connectivity index (χ4n) is 1.18. The van der Waals surface area contributed by atoms with Crippen LogP contribution in [0.2, 0.25) is 0 Å². The summed E-state index contributed by atoms with van der Waals surface area (Å²) in [5, 5.41) is 0. The Bertz CT molecular complexity index is 310. The number of benzene rings is 1. The normalized spacial score (nSPS) is 14.3. The second-order valence-electron chi connectivity index (χ2n) is 3.57. The number of hydrogen-bond acceptors (Lipinski definition) is 2. The molecular weight excluding hydrogens is 188 g/mol. The van der Waals surface area contributed by atoms with Crippen molar-refractivity contribution < 1.29 is 9.47 Å². The Kier molecular flexibility index (Phi) is 3.92. The standard InChI is InChI=1S/C13H18O2/c1-5-11-7-9-12(10-8-11)15-13(3,6-2)14-4/h5,7-10H,1,6H2,2-4H3. The summed E-state index contributed by atoms with van der Waals surface area (Å²) < 4.78 is 11.0. The van der Waals surface area contributed by atoms with Crippen LogP contribution in [0.25, 0.3) is 6.08 Å². The lowest BCUT2D eigenvalue weighted by atomic mass is 10.2. The van der Waals surface area contributed by atoms with Crippen LogP contribution in [0.3, 0.4) is 0 Å². The van der Waals surface area contributed by atoms with Crippen molar-refractivity contribution in [3.05, 3.63) is 36.4 Å². The van der Waals surface area contributed by atoms with Crippen molar-refractivity contribution in [2.75, 3.05) is 7.11 Å². The minimum absolute atomic E-state index is 0.546. The molecule has 0 amide bonds. The van der Waals surface area contributed by atoms with Gasteiger partial charge in [0.05, 0.1) is 0 Å². The van der Waals surface area contributed by atoms with Crippen LogP contribution in [0.5, 0.6) is 5.75 Å². The van der Waals surface area contributed by atoms with Gasteiger partial charge in [-0.05, 0) is 17.7 Å². The van der Waals surface area contributed by atoms with Crippen LogP contribution in [0.4, 0.5) is 0 Å². The summed E-state index contributed by atoms with van der Waals surface area (Å²) in [5.41, 5.74) is 1.08. The van der Waals surface area contributed by atoms with E-state index in [1.165, 1.54) is 0 Å². The van der Waals surface area contributed by atoms with Gasteiger partial charge in [0.1, 0.15) is 5.75 Å². The summed E-state index contributed by atoms with van der Waals surface area (Å²) in [6.07, 6.45) is 2.60. The first-order valence-corrected chi connectivity index (χ1v) is 5.10. The fourth-order valence-corrected chi connectivity index (χ4v) is 1.18. The van der Waals surface area contributed by atoms with E-state index in [0.29, 0.717) is 0 Å². The zero-order valence-electron chi connectivity index (χ0n) is 9.62. The van der Waals surface area contributed by atoms with Gasteiger partial charge in [0.15, 0.2) is 0 Å². The summed E-state index contributed by atoms with van der Waals surface area (Å²) >= 11 is 0. The molecule has 1 aromatic rings. The summed E-state index contributed by atoms with van der Waals surface area (Å²) in [4.78, 5) is 0. The van der Waals surface area contributed by atoms with Crippen molar-refractivity contribution in [3.8, 4) is 5.75 Å². The van der Waals surface area contributed by atoms with E-state index in [0.717, 1.165) is 17.7 Å². The average molecular weight is 206 g/mol. The van der Waals surface area contributed by atoms with Gasteiger partial charge < -0.3 is 9.47 Å². The van der Waals surface area contributed by atoms with Crippen molar-refractivity contribution in [3.63, 3.8) is 0 Å². The second kappa shape index (κ2) is 4.99. The quantitative estimate of drug-likeness (QED) is 0.687. The summed E-state index contributed by atoms with van der Waals surface area (Å²) in [5.74, 6) is 0.266. The van der Waals surface area contributed by atoms with Crippen molar-refractivity contribution in [1.29, 1.82) is 0 Å². The maximum Gasteiger partial charge on any atom is 0.207 e. The van der Waals surface area contributed by atoms with E-state index in [1.807, 2.05) is 38.1 Å². The summed E-state index contributed by atoms with van der Waals surface area (Å²) in [7, 11) is 1.65. The van der Waals surface area contributed by atoms with Crippen LogP contribution in [0.1, 0.15) is 25.8 Å². The van der Waals surface area contributed by atoms with E-state index in [1.54, 1.807) is 13.2 Å². The largest absolute Gasteiger partial charge is 0.463 e. The average Bonchev–Trinajstić information content (AvgIpc) is 2.30. The fraction of sp³-hybridized carbons (Fsp3) is 0.385. The Morgan fingerprint density at radius 1 is 1.33 bits per heavy atom. The molecule has 1 atom stereocenters. The van der Waals surface area contributed by atoms with Crippen LogP contribution in [0.15, 0.2) is 30.8 Å². The molecule has 1 aromatic carbocycles. The lowest BCUT2D eigenvalue weighted by molar-refractivity contribution is -0.151. The van der Waals surface area contributed by atoms with Gasteiger partial charge in [0, 0.05) is 20.5 Å². The van der Waals surface area contributed by atoms with Gasteiger partial charge in [-0.1, -0.05) is 31.7 Å². The molecule has 0 spiro atoms. The minimum Gasteiger partial charge on any atom is -0.463 e. The zero-order valence-corrected chi connectivity index (χ0v) is 9.62. The predicted octanol–water partition coefficient (Wildman–Crippen LogP) is 3.48. The number of rotatable bonds is 5. The molecule has 0 saturated heterocycles. The van der Waals surface area contributed by atoms with Crippen LogP contribution >= 0.6 is 0 Å². The van der Waals surface area contributed by atoms with E-state index >= 15 is 0 Å². The topological polar surface area (TPSA) is 18.5 Å². The molecule has 0 fully saturated rings. The number of methoxy groups -OCH3 is 1. The van der Waals surface area contributed by atoms with E-state index in [2.05, 4.69) is 6.58 Å². The van der Waals surface area contributed by atoms with Crippen molar-refractivity contribution in [1.82, 2.24) is 0 Å². The Hall–Kier alpha value is -1.28. The second-order valence-corrected chi connectivity index (χ2v) is 3.57. The minimum atomic E-state index is -0.546. The third kappa shape index (κ3) is 3.10. The molecule has 0 aliphatic carbocycles. The van der Waals surface area contributed by atoms with Gasteiger partial charge in [-0.2, -0.15) is 0 Å². The Labute approximate surface area is 91.5 Å². The molecule has 0 bridgehead atoms. The summed E-state index contributed by atoms with van der Waals surface area (Å²) in [6.45, 7) is 7.66. The molecule has 0 aromatic heterocycles. The van der Waals surface area contributed by atoms with Gasteiger partial charge in [-0.15, -0.1) is 0 Å². The van der Waals surface area contributed by atoms with Crippen LogP contribution < -0.4 is 4.74 Å². The van der Waals surface area contributed by atoms with Crippen molar-refractivity contribution >= 4 is 6.08 Å². The molecule has 0 heterocycles. The van der Waals surface area contributed by atoms with Gasteiger partial charge in [-0.3, -0.25) is 0 Å². The van der Waals surface area contributed by atoms with Gasteiger partial charge in [-0.25, -0.2) is 0 Å². The highest BCUT2D eigenvalue weighted by molar-refractivity contribution is 5.48. The Balaban J connectivity index is 2.76. The van der Waals surface area contributed by atoms with E-state index in [9.17, 15) is 0 Å². The lowest BCUT2D eigenvalue weighted by Gasteiger charge is -2.27. The SMILES string of the molecule is C=Cc1ccc(OC(C)(CC)OC)cc1. The van der Waals surface area contributed by atoms with E-state index in [4.69, 9.17) is 9.47 Å². The first-order chi connectivity index (χ1) is 7.13. The van der Waals surface area contributed by atoms with Gasteiger partial charge in [0.2, 0.25) is 5.79 Å². The highest BCUT2D eigenvalue weighted by Crippen LogP contribution is 2.22. The third-order valence-corrected chi connectivity index (χ3v) is 2.52. The Morgan fingerprint density at radius 3 is 2.33 bits per heavy atom. The molecule has 0 radical (unpaired) electrons. The maximum atomic E-state index is 5.74. The number of hydrogen-bond donors (Lipinski definition) is 0. The molecular formula is C13H18O2. The smallest absolute Gasteiger partial charge is 0.207 e. The van der Waals surface area contributed by atoms with Crippen molar-refractivity contribution in [2.45, 2.75) is 26.1 Å². The molecule has 0 aliphatic heterocycles. The maximum absolute atomic E-state index is 5.74. The van der Waals surface area contributed by atoms with E-state index in [-0.39, 0.29) is 0 Å². The third-order valence-electron chi connectivity index (χ3n) is 2.52. The highest BCUT2D eigenvalue weighted by Gasteiger charge is 2.22. The number of ether oxygens (including phenoxy) is 2. The van der Waals surface area contributed by atoms with Crippen LogP contribution in [-0.2, 0) is 4.74 Å². The van der Waals surface area contributed by atoms with Gasteiger partial charge >= 0.3 is 0 Å². The molecule has 2 heteroatoms. The molecule has 82 valence electrons. The van der Waals surface area contributed by atoms with Gasteiger partial charge in [0.25, 0.3) is 0 Å². The predicted molar refractivity (Wildman–Crippen MR) is 62.9 cm³/mol. The zero-order chi connectivity index (χ0) is 11.3.